The maximum absolute atomic E-state index is 12.8. The highest BCUT2D eigenvalue weighted by molar-refractivity contribution is 6.38. The maximum atomic E-state index is 12.8. The van der Waals surface area contributed by atoms with E-state index in [1.54, 1.807) is 12.1 Å². The van der Waals surface area contributed by atoms with Gasteiger partial charge in [-0.05, 0) is 44.6 Å². The smallest absolute Gasteiger partial charge is 0.287 e. The second-order valence-electron chi connectivity index (χ2n) is 7.23. The number of amides is 2. The Balaban J connectivity index is 0.00000227. The molecule has 0 fully saturated rings. The third-order valence-electron chi connectivity index (χ3n) is 4.45. The van der Waals surface area contributed by atoms with Crippen LogP contribution in [-0.4, -0.2) is 37.7 Å². The van der Waals surface area contributed by atoms with Gasteiger partial charge in [0.15, 0.2) is 0 Å². The van der Waals surface area contributed by atoms with Gasteiger partial charge in [0.1, 0.15) is 0 Å². The minimum absolute atomic E-state index is 0. The van der Waals surface area contributed by atoms with Crippen molar-refractivity contribution in [3.8, 4) is 0 Å². The molecule has 174 valence electrons. The molecule has 0 aliphatic carbocycles. The predicted octanol–water partition coefficient (Wildman–Crippen LogP) is 3.77. The van der Waals surface area contributed by atoms with Crippen LogP contribution >= 0.6 is 12.4 Å². The summed E-state index contributed by atoms with van der Waals surface area (Å²) in [4.78, 5) is 36.1. The number of ketones is 1. The van der Waals surface area contributed by atoms with E-state index < -0.39 is 23.6 Å². The van der Waals surface area contributed by atoms with Crippen LogP contribution in [0.25, 0.3) is 12.2 Å². The van der Waals surface area contributed by atoms with Gasteiger partial charge in [-0.15, -0.1) is 12.4 Å². The van der Waals surface area contributed by atoms with E-state index in [9.17, 15) is 14.4 Å². The van der Waals surface area contributed by atoms with Crippen LogP contribution < -0.4 is 16.4 Å². The Hall–Kier alpha value is -2.96. The largest absolute Gasteiger partial charge is 0.363 e. The highest BCUT2D eigenvalue weighted by Crippen LogP contribution is 2.15. The number of primary amides is 1. The molecule has 7 heteroatoms. The summed E-state index contributed by atoms with van der Waals surface area (Å²) in [5, 5.41) is 5.42. The standard InChI is InChI=1S/C23H26N2O3.C2H7N.ClH/c1-3-4-9-20(21(26)22(24)27)25-23(28)19-8-6-5-7-18(19)15-14-17-12-10-16(2)11-13-17;1-3-2;/h5-8,10-15,20H,3-4,9H2,1-2H3,(H2,24,27)(H,25,28);3H,1-2H3;1H. The number of hydrogen-bond acceptors (Lipinski definition) is 4. The van der Waals surface area contributed by atoms with E-state index >= 15 is 0 Å². The summed E-state index contributed by atoms with van der Waals surface area (Å²) < 4.78 is 0. The van der Waals surface area contributed by atoms with Gasteiger partial charge in [0.05, 0.1) is 6.04 Å². The molecule has 1 atom stereocenters. The van der Waals surface area contributed by atoms with E-state index in [4.69, 9.17) is 5.73 Å². The monoisotopic (exact) mass is 459 g/mol. The molecule has 6 nitrogen and oxygen atoms in total. The van der Waals surface area contributed by atoms with Crippen LogP contribution in [0.15, 0.2) is 48.5 Å². The van der Waals surface area contributed by atoms with E-state index in [2.05, 4.69) is 10.6 Å². The molecular formula is C25H34ClN3O3. The summed E-state index contributed by atoms with van der Waals surface area (Å²) in [7, 11) is 3.75. The molecule has 0 heterocycles. The lowest BCUT2D eigenvalue weighted by atomic mass is 10.0. The van der Waals surface area contributed by atoms with Crippen LogP contribution in [-0.2, 0) is 9.59 Å². The number of benzene rings is 2. The molecule has 0 bridgehead atoms. The van der Waals surface area contributed by atoms with E-state index in [1.165, 1.54) is 5.56 Å². The van der Waals surface area contributed by atoms with Crippen LogP contribution in [0.5, 0.6) is 0 Å². The maximum Gasteiger partial charge on any atom is 0.287 e. The highest BCUT2D eigenvalue weighted by atomic mass is 35.5. The Bertz CT molecular complexity index is 896. The molecule has 2 aromatic rings. The number of carbonyl (C=O) groups is 3. The van der Waals surface area contributed by atoms with Gasteiger partial charge in [0.2, 0.25) is 5.78 Å². The molecule has 2 aromatic carbocycles. The van der Waals surface area contributed by atoms with Crippen molar-refractivity contribution in [1.29, 1.82) is 0 Å². The number of nitrogens with one attached hydrogen (secondary N) is 2. The van der Waals surface area contributed by atoms with Crippen LogP contribution in [0.3, 0.4) is 0 Å². The average molecular weight is 460 g/mol. The number of carbonyl (C=O) groups excluding carboxylic acids is 3. The fourth-order valence-corrected chi connectivity index (χ4v) is 2.80. The Morgan fingerprint density at radius 2 is 1.59 bits per heavy atom. The summed E-state index contributed by atoms with van der Waals surface area (Å²) in [5.74, 6) is -2.21. The summed E-state index contributed by atoms with van der Waals surface area (Å²) >= 11 is 0. The fraction of sp³-hybridized carbons (Fsp3) is 0.320. The number of aryl methyl sites for hydroxylation is 1. The molecule has 0 aliphatic heterocycles. The lowest BCUT2D eigenvalue weighted by Crippen LogP contribution is -2.46. The van der Waals surface area contributed by atoms with Gasteiger partial charge >= 0.3 is 0 Å². The second kappa shape index (κ2) is 15.8. The Kier molecular flexibility index (Phi) is 14.3. The first kappa shape index (κ1) is 29.0. The van der Waals surface area contributed by atoms with Crippen molar-refractivity contribution in [2.24, 2.45) is 5.73 Å². The van der Waals surface area contributed by atoms with E-state index in [-0.39, 0.29) is 12.4 Å². The van der Waals surface area contributed by atoms with Crippen molar-refractivity contribution in [1.82, 2.24) is 10.6 Å². The van der Waals surface area contributed by atoms with E-state index in [1.807, 2.05) is 76.5 Å². The molecule has 32 heavy (non-hydrogen) atoms. The molecule has 4 N–H and O–H groups in total. The Labute approximate surface area is 197 Å². The van der Waals surface area contributed by atoms with Gasteiger partial charge in [-0.1, -0.05) is 79.9 Å². The predicted molar refractivity (Wildman–Crippen MR) is 134 cm³/mol. The summed E-state index contributed by atoms with van der Waals surface area (Å²) in [6.07, 6.45) is 5.71. The van der Waals surface area contributed by atoms with E-state index in [0.29, 0.717) is 18.4 Å². The molecule has 0 aromatic heterocycles. The summed E-state index contributed by atoms with van der Waals surface area (Å²) in [6, 6.07) is 14.3. The van der Waals surface area contributed by atoms with Gasteiger partial charge in [0.25, 0.3) is 11.8 Å². The number of nitrogens with two attached hydrogens (primary N) is 1. The van der Waals surface area contributed by atoms with Crippen molar-refractivity contribution in [2.45, 2.75) is 39.2 Å². The molecule has 0 saturated carbocycles. The van der Waals surface area contributed by atoms with Gasteiger partial charge in [-0.3, -0.25) is 14.4 Å². The molecule has 0 radical (unpaired) electrons. The van der Waals surface area contributed by atoms with Gasteiger partial charge in [0, 0.05) is 5.56 Å². The average Bonchev–Trinajstić information content (AvgIpc) is 2.76. The van der Waals surface area contributed by atoms with Gasteiger partial charge in [-0.25, -0.2) is 0 Å². The molecule has 0 aliphatic rings. The van der Waals surface area contributed by atoms with Crippen LogP contribution in [0.2, 0.25) is 0 Å². The van der Waals surface area contributed by atoms with Crippen LogP contribution in [0, 0.1) is 6.92 Å². The Morgan fingerprint density at radius 1 is 1.00 bits per heavy atom. The van der Waals surface area contributed by atoms with Crippen molar-refractivity contribution in [2.75, 3.05) is 14.1 Å². The summed E-state index contributed by atoms with van der Waals surface area (Å²) in [6.45, 7) is 3.99. The first-order valence-corrected chi connectivity index (χ1v) is 10.4. The highest BCUT2D eigenvalue weighted by Gasteiger charge is 2.25. The van der Waals surface area contributed by atoms with Crippen molar-refractivity contribution in [3.05, 3.63) is 70.8 Å². The number of hydrogen-bond donors (Lipinski definition) is 3. The zero-order valence-corrected chi connectivity index (χ0v) is 20.0. The van der Waals surface area contributed by atoms with Crippen molar-refractivity contribution in [3.63, 3.8) is 0 Å². The first-order chi connectivity index (χ1) is 14.8. The molecule has 0 saturated heterocycles. The Morgan fingerprint density at radius 3 is 2.16 bits per heavy atom. The molecule has 2 amide bonds. The topological polar surface area (TPSA) is 101 Å². The first-order valence-electron chi connectivity index (χ1n) is 10.4. The van der Waals surface area contributed by atoms with Crippen molar-refractivity contribution < 1.29 is 14.4 Å². The third-order valence-corrected chi connectivity index (χ3v) is 4.45. The third kappa shape index (κ3) is 9.90. The zero-order valence-electron chi connectivity index (χ0n) is 19.2. The summed E-state index contributed by atoms with van der Waals surface area (Å²) in [5.41, 5.74) is 8.48. The SMILES string of the molecule is CCCCC(NC(=O)c1ccccc1C=Cc1ccc(C)cc1)C(=O)C(N)=O.CNC.Cl. The minimum Gasteiger partial charge on any atom is -0.363 e. The zero-order chi connectivity index (χ0) is 23.2. The molecule has 0 spiro atoms. The second-order valence-corrected chi connectivity index (χ2v) is 7.23. The number of unbranched alkanes of at least 4 members (excludes halogenated alkanes) is 1. The molecule has 2 rings (SSSR count). The normalized spacial score (nSPS) is 11.0. The lowest BCUT2D eigenvalue weighted by Gasteiger charge is -2.16. The van der Waals surface area contributed by atoms with Crippen LogP contribution in [0.4, 0.5) is 0 Å². The quantitative estimate of drug-likeness (QED) is 0.392. The minimum atomic E-state index is -1.03. The van der Waals surface area contributed by atoms with Gasteiger partial charge in [-0.2, -0.15) is 0 Å². The number of Topliss-reactive ketones (excluding diaryl/α,β-unsaturated/α-hetero) is 1. The van der Waals surface area contributed by atoms with Crippen molar-refractivity contribution >= 4 is 42.2 Å². The van der Waals surface area contributed by atoms with Crippen LogP contribution in [0.1, 0.15) is 53.2 Å². The molecule has 1 unspecified atom stereocenters. The number of rotatable bonds is 9. The fourth-order valence-electron chi connectivity index (χ4n) is 2.80. The lowest BCUT2D eigenvalue weighted by molar-refractivity contribution is -0.137. The van der Waals surface area contributed by atoms with Gasteiger partial charge < -0.3 is 16.4 Å². The number of halogens is 1. The van der Waals surface area contributed by atoms with E-state index in [0.717, 1.165) is 17.5 Å². The molecular weight excluding hydrogens is 426 g/mol.